The zero-order chi connectivity index (χ0) is 13.8. The summed E-state index contributed by atoms with van der Waals surface area (Å²) < 4.78 is 40.3. The Morgan fingerprint density at radius 1 is 1.28 bits per heavy atom. The maximum atomic E-state index is 12.2. The van der Waals surface area contributed by atoms with Crippen LogP contribution in [0.3, 0.4) is 0 Å². The molecular weight excluding hydrogens is 247 g/mol. The fourth-order valence-corrected chi connectivity index (χ4v) is 1.37. The zero-order valence-electron chi connectivity index (χ0n) is 10.1. The molecule has 0 bridgehead atoms. The van der Waals surface area contributed by atoms with Gasteiger partial charge in [-0.05, 0) is 26.2 Å². The van der Waals surface area contributed by atoms with Gasteiger partial charge in [0.25, 0.3) is 0 Å². The van der Waals surface area contributed by atoms with Crippen molar-refractivity contribution in [2.75, 3.05) is 20.6 Å². The molecule has 18 heavy (non-hydrogen) atoms. The summed E-state index contributed by atoms with van der Waals surface area (Å²) in [5.74, 6) is -0.822. The van der Waals surface area contributed by atoms with Gasteiger partial charge in [0.1, 0.15) is 5.75 Å². The van der Waals surface area contributed by atoms with Crippen molar-refractivity contribution < 1.29 is 22.7 Å². The molecule has 0 heterocycles. The van der Waals surface area contributed by atoms with Crippen molar-refractivity contribution in [3.05, 3.63) is 29.8 Å². The lowest BCUT2D eigenvalue weighted by molar-refractivity contribution is -0.274. The van der Waals surface area contributed by atoms with Crippen molar-refractivity contribution in [3.8, 4) is 5.75 Å². The van der Waals surface area contributed by atoms with Gasteiger partial charge < -0.3 is 9.64 Å². The average molecular weight is 261 g/mol. The average Bonchev–Trinajstić information content (AvgIpc) is 2.24. The molecule has 0 N–H and O–H groups in total. The van der Waals surface area contributed by atoms with E-state index in [1.807, 2.05) is 0 Å². The lowest BCUT2D eigenvalue weighted by Gasteiger charge is -2.13. The van der Waals surface area contributed by atoms with Crippen molar-refractivity contribution >= 4 is 5.78 Å². The Bertz CT molecular complexity index is 416. The molecule has 0 saturated carbocycles. The van der Waals surface area contributed by atoms with Gasteiger partial charge in [0, 0.05) is 13.0 Å². The van der Waals surface area contributed by atoms with E-state index in [1.54, 1.807) is 19.0 Å². The van der Waals surface area contributed by atoms with Crippen molar-refractivity contribution in [1.29, 1.82) is 0 Å². The number of para-hydroxylation sites is 1. The number of ketones is 1. The number of Topliss-reactive ketones (excluding diaryl/α,β-unsaturated/α-hetero) is 1. The molecule has 1 aromatic rings. The van der Waals surface area contributed by atoms with Gasteiger partial charge in [-0.15, -0.1) is 13.2 Å². The van der Waals surface area contributed by atoms with Gasteiger partial charge in [-0.2, -0.15) is 0 Å². The van der Waals surface area contributed by atoms with Crippen LogP contribution in [0.15, 0.2) is 24.3 Å². The first-order chi connectivity index (χ1) is 8.29. The van der Waals surface area contributed by atoms with Crippen molar-refractivity contribution in [2.24, 2.45) is 0 Å². The van der Waals surface area contributed by atoms with Crippen LogP contribution in [-0.4, -0.2) is 37.7 Å². The number of ether oxygens (including phenoxy) is 1. The van der Waals surface area contributed by atoms with Crippen LogP contribution < -0.4 is 4.74 Å². The van der Waals surface area contributed by atoms with Crippen LogP contribution in [0.25, 0.3) is 0 Å². The Morgan fingerprint density at radius 3 is 2.44 bits per heavy atom. The third-order valence-electron chi connectivity index (χ3n) is 2.20. The Hall–Kier alpha value is -1.56. The van der Waals surface area contributed by atoms with E-state index >= 15 is 0 Å². The number of alkyl halides is 3. The van der Waals surface area contributed by atoms with Crippen molar-refractivity contribution in [3.63, 3.8) is 0 Å². The van der Waals surface area contributed by atoms with Crippen molar-refractivity contribution in [2.45, 2.75) is 12.8 Å². The van der Waals surface area contributed by atoms with Gasteiger partial charge in [-0.3, -0.25) is 4.79 Å². The van der Waals surface area contributed by atoms with Crippen LogP contribution in [0.4, 0.5) is 13.2 Å². The monoisotopic (exact) mass is 261 g/mol. The van der Waals surface area contributed by atoms with Crippen molar-refractivity contribution in [1.82, 2.24) is 4.90 Å². The van der Waals surface area contributed by atoms with Crippen LogP contribution in [0.5, 0.6) is 5.75 Å². The van der Waals surface area contributed by atoms with Gasteiger partial charge >= 0.3 is 6.36 Å². The minimum atomic E-state index is -4.79. The summed E-state index contributed by atoms with van der Waals surface area (Å²) >= 11 is 0. The standard InChI is InChI=1S/C12H14F3NO2/c1-16(2)8-7-10(17)9-5-3-4-6-11(9)18-12(13,14)15/h3-6H,7-8H2,1-2H3. The summed E-state index contributed by atoms with van der Waals surface area (Å²) in [7, 11) is 3.57. The molecule has 0 spiro atoms. The second kappa shape index (κ2) is 5.86. The molecule has 0 saturated heterocycles. The summed E-state index contributed by atoms with van der Waals surface area (Å²) in [6, 6.07) is 5.37. The zero-order valence-corrected chi connectivity index (χ0v) is 10.1. The fraction of sp³-hybridized carbons (Fsp3) is 0.417. The molecule has 6 heteroatoms. The number of nitrogens with zero attached hydrogens (tertiary/aromatic N) is 1. The summed E-state index contributed by atoms with van der Waals surface area (Å²) in [6.07, 6.45) is -4.65. The minimum Gasteiger partial charge on any atom is -0.405 e. The predicted octanol–water partition coefficient (Wildman–Crippen LogP) is 2.72. The maximum absolute atomic E-state index is 12.2. The smallest absolute Gasteiger partial charge is 0.405 e. The molecule has 0 aliphatic carbocycles. The van der Waals surface area contributed by atoms with Gasteiger partial charge in [0.05, 0.1) is 5.56 Å². The predicted molar refractivity (Wildman–Crippen MR) is 60.6 cm³/mol. The largest absolute Gasteiger partial charge is 0.573 e. The Morgan fingerprint density at radius 2 is 1.89 bits per heavy atom. The molecule has 0 radical (unpaired) electrons. The van der Waals surface area contributed by atoms with Crippen LogP contribution in [0, 0.1) is 0 Å². The van der Waals surface area contributed by atoms with E-state index in [4.69, 9.17) is 0 Å². The SMILES string of the molecule is CN(C)CCC(=O)c1ccccc1OC(F)(F)F. The second-order valence-corrected chi connectivity index (χ2v) is 4.02. The van der Waals surface area contributed by atoms with E-state index in [1.165, 1.54) is 18.2 Å². The molecule has 1 aromatic carbocycles. The number of carbonyl (C=O) groups excluding carboxylic acids is 1. The highest BCUT2D eigenvalue weighted by Crippen LogP contribution is 2.26. The lowest BCUT2D eigenvalue weighted by atomic mass is 10.1. The second-order valence-electron chi connectivity index (χ2n) is 4.02. The molecule has 0 aliphatic heterocycles. The quantitative estimate of drug-likeness (QED) is 0.763. The van der Waals surface area contributed by atoms with Gasteiger partial charge in [-0.25, -0.2) is 0 Å². The maximum Gasteiger partial charge on any atom is 0.573 e. The van der Waals surface area contributed by atoms with E-state index in [-0.39, 0.29) is 17.8 Å². The van der Waals surface area contributed by atoms with E-state index in [2.05, 4.69) is 4.74 Å². The summed E-state index contributed by atoms with van der Waals surface area (Å²) in [4.78, 5) is 13.6. The molecule has 0 fully saturated rings. The first-order valence-corrected chi connectivity index (χ1v) is 5.32. The topological polar surface area (TPSA) is 29.5 Å². The Balaban J connectivity index is 2.84. The third kappa shape index (κ3) is 4.75. The highest BCUT2D eigenvalue weighted by Gasteiger charge is 2.32. The first-order valence-electron chi connectivity index (χ1n) is 5.32. The summed E-state index contributed by atoms with van der Waals surface area (Å²) in [5.41, 5.74) is -0.0447. The molecule has 3 nitrogen and oxygen atoms in total. The van der Waals surface area contributed by atoms with Crippen LogP contribution >= 0.6 is 0 Å². The van der Waals surface area contributed by atoms with Gasteiger partial charge in [0.2, 0.25) is 0 Å². The number of carbonyl (C=O) groups is 1. The number of halogens is 3. The van der Waals surface area contributed by atoms with Crippen LogP contribution in [-0.2, 0) is 0 Å². The Kier molecular flexibility index (Phi) is 4.72. The fourth-order valence-electron chi connectivity index (χ4n) is 1.37. The van der Waals surface area contributed by atoms with E-state index < -0.39 is 12.1 Å². The highest BCUT2D eigenvalue weighted by atomic mass is 19.4. The third-order valence-corrected chi connectivity index (χ3v) is 2.20. The molecule has 0 atom stereocenters. The first kappa shape index (κ1) is 14.5. The molecular formula is C12H14F3NO2. The van der Waals surface area contributed by atoms with E-state index in [9.17, 15) is 18.0 Å². The van der Waals surface area contributed by atoms with E-state index in [0.29, 0.717) is 6.54 Å². The minimum absolute atomic E-state index is 0.0447. The number of rotatable bonds is 5. The van der Waals surface area contributed by atoms with E-state index in [0.717, 1.165) is 6.07 Å². The molecule has 0 aromatic heterocycles. The Labute approximate surface area is 103 Å². The van der Waals surface area contributed by atoms with Crippen LogP contribution in [0.2, 0.25) is 0 Å². The summed E-state index contributed by atoms with van der Waals surface area (Å²) in [5, 5.41) is 0. The molecule has 0 unspecified atom stereocenters. The molecule has 100 valence electrons. The highest BCUT2D eigenvalue weighted by molar-refractivity contribution is 5.98. The molecule has 1 rings (SSSR count). The van der Waals surface area contributed by atoms with Crippen LogP contribution in [0.1, 0.15) is 16.8 Å². The number of benzene rings is 1. The van der Waals surface area contributed by atoms with Gasteiger partial charge in [-0.1, -0.05) is 12.1 Å². The number of hydrogen-bond acceptors (Lipinski definition) is 3. The molecule has 0 amide bonds. The lowest BCUT2D eigenvalue weighted by Crippen LogP contribution is -2.20. The molecule has 0 aliphatic rings. The summed E-state index contributed by atoms with van der Waals surface area (Å²) in [6.45, 7) is 0.471. The number of hydrogen-bond donors (Lipinski definition) is 0. The normalized spacial score (nSPS) is 11.7. The van der Waals surface area contributed by atoms with Gasteiger partial charge in [0.15, 0.2) is 5.78 Å².